The third-order valence-corrected chi connectivity index (χ3v) is 5.57. The van der Waals surface area contributed by atoms with Crippen LogP contribution in [0, 0.1) is 5.92 Å². The summed E-state index contributed by atoms with van der Waals surface area (Å²) in [4.78, 5) is 15.5. The molecular weight excluding hydrogens is 326 g/mol. The predicted octanol–water partition coefficient (Wildman–Crippen LogP) is 2.44. The van der Waals surface area contributed by atoms with E-state index in [4.69, 9.17) is 9.97 Å². The van der Waals surface area contributed by atoms with Crippen molar-refractivity contribution in [2.45, 2.75) is 25.9 Å². The molecule has 4 heterocycles. The summed E-state index contributed by atoms with van der Waals surface area (Å²) in [5.74, 6) is 2.16. The van der Waals surface area contributed by atoms with Gasteiger partial charge in [-0.15, -0.1) is 0 Å². The molecule has 0 spiro atoms. The van der Waals surface area contributed by atoms with Gasteiger partial charge >= 0.3 is 0 Å². The Bertz CT molecular complexity index is 951. The second kappa shape index (κ2) is 6.37. The first kappa shape index (κ1) is 15.8. The Morgan fingerprint density at radius 3 is 3.04 bits per heavy atom. The highest BCUT2D eigenvalue weighted by Crippen LogP contribution is 2.33. The van der Waals surface area contributed by atoms with Crippen molar-refractivity contribution in [1.29, 1.82) is 0 Å². The molecule has 6 nitrogen and oxygen atoms in total. The average molecular weight is 349 g/mol. The number of hydrogen-bond donors (Lipinski definition) is 3. The van der Waals surface area contributed by atoms with Crippen LogP contribution in [0.5, 0.6) is 0 Å². The maximum absolute atomic E-state index is 9.60. The first-order chi connectivity index (χ1) is 12.8. The number of nitrogens with one attached hydrogen (secondary N) is 2. The second-order valence-corrected chi connectivity index (χ2v) is 7.28. The van der Waals surface area contributed by atoms with Crippen molar-refractivity contribution >= 4 is 16.7 Å². The molecule has 26 heavy (non-hydrogen) atoms. The lowest BCUT2D eigenvalue weighted by Crippen LogP contribution is -2.38. The molecule has 1 aromatic carbocycles. The summed E-state index contributed by atoms with van der Waals surface area (Å²) < 4.78 is 0. The van der Waals surface area contributed by atoms with Crippen LogP contribution in [0.1, 0.15) is 24.1 Å². The van der Waals surface area contributed by atoms with Gasteiger partial charge in [0.25, 0.3) is 0 Å². The second-order valence-electron chi connectivity index (χ2n) is 7.28. The summed E-state index contributed by atoms with van der Waals surface area (Å²) in [6, 6.07) is 8.26. The average Bonchev–Trinajstić information content (AvgIpc) is 3.34. The molecule has 2 aliphatic heterocycles. The monoisotopic (exact) mass is 349 g/mol. The normalized spacial score (nSPS) is 19.9. The van der Waals surface area contributed by atoms with Crippen LogP contribution in [-0.4, -0.2) is 39.8 Å². The molecular formula is C20H23N5O. The number of benzene rings is 1. The Labute approximate surface area is 152 Å². The van der Waals surface area contributed by atoms with Gasteiger partial charge in [0.05, 0.1) is 5.69 Å². The van der Waals surface area contributed by atoms with Gasteiger partial charge in [-0.1, -0.05) is 18.2 Å². The summed E-state index contributed by atoms with van der Waals surface area (Å²) in [6.07, 6.45) is 4.19. The maximum atomic E-state index is 9.60. The van der Waals surface area contributed by atoms with Gasteiger partial charge in [-0.25, -0.2) is 9.97 Å². The molecule has 5 rings (SSSR count). The number of aromatic amines is 1. The summed E-state index contributed by atoms with van der Waals surface area (Å²) in [5.41, 5.74) is 4.46. The Balaban J connectivity index is 1.62. The topological polar surface area (TPSA) is 77.1 Å². The molecule has 2 aliphatic rings. The van der Waals surface area contributed by atoms with Gasteiger partial charge in [-0.05, 0) is 24.8 Å². The first-order valence-corrected chi connectivity index (χ1v) is 9.36. The third kappa shape index (κ3) is 2.57. The van der Waals surface area contributed by atoms with Gasteiger partial charge in [0.1, 0.15) is 5.82 Å². The largest absolute Gasteiger partial charge is 0.396 e. The van der Waals surface area contributed by atoms with Crippen LogP contribution in [0.25, 0.3) is 22.3 Å². The summed E-state index contributed by atoms with van der Waals surface area (Å²) >= 11 is 0. The number of para-hydroxylation sites is 1. The van der Waals surface area contributed by atoms with Crippen LogP contribution in [-0.2, 0) is 13.1 Å². The Hall–Kier alpha value is -2.44. The minimum atomic E-state index is 0.247. The van der Waals surface area contributed by atoms with Crippen molar-refractivity contribution in [2.24, 2.45) is 5.92 Å². The summed E-state index contributed by atoms with van der Waals surface area (Å²) in [5, 5.41) is 14.2. The van der Waals surface area contributed by atoms with E-state index in [0.29, 0.717) is 5.92 Å². The predicted molar refractivity (Wildman–Crippen MR) is 102 cm³/mol. The molecule has 0 amide bonds. The Morgan fingerprint density at radius 2 is 2.12 bits per heavy atom. The van der Waals surface area contributed by atoms with E-state index in [2.05, 4.69) is 27.3 Å². The van der Waals surface area contributed by atoms with E-state index in [0.717, 1.165) is 72.8 Å². The molecule has 1 saturated heterocycles. The van der Waals surface area contributed by atoms with E-state index < -0.39 is 0 Å². The molecule has 1 unspecified atom stereocenters. The fraction of sp³-hybridized carbons (Fsp3) is 0.400. The van der Waals surface area contributed by atoms with Crippen molar-refractivity contribution < 1.29 is 5.11 Å². The lowest BCUT2D eigenvalue weighted by atomic mass is 9.98. The molecule has 2 aromatic heterocycles. The van der Waals surface area contributed by atoms with Crippen molar-refractivity contribution in [3.8, 4) is 11.4 Å². The Morgan fingerprint density at radius 1 is 1.19 bits per heavy atom. The van der Waals surface area contributed by atoms with E-state index in [1.807, 2.05) is 18.3 Å². The molecule has 3 N–H and O–H groups in total. The van der Waals surface area contributed by atoms with Gasteiger partial charge in [-0.3, -0.25) is 0 Å². The zero-order valence-corrected chi connectivity index (χ0v) is 14.7. The van der Waals surface area contributed by atoms with Crippen LogP contribution >= 0.6 is 0 Å². The minimum Gasteiger partial charge on any atom is -0.396 e. The molecule has 0 saturated carbocycles. The SMILES string of the molecule is OCC1CCCN(c2nc(-c3c[nH]c4ccccc34)nc3c2CNC3)C1. The van der Waals surface area contributed by atoms with Crippen LogP contribution in [0.15, 0.2) is 30.5 Å². The van der Waals surface area contributed by atoms with Crippen molar-refractivity contribution in [1.82, 2.24) is 20.3 Å². The number of fused-ring (bicyclic) bond motifs is 2. The number of piperidine rings is 1. The van der Waals surface area contributed by atoms with Gasteiger partial charge in [0, 0.05) is 61.0 Å². The van der Waals surface area contributed by atoms with E-state index in [9.17, 15) is 5.11 Å². The van der Waals surface area contributed by atoms with E-state index in [1.165, 1.54) is 5.56 Å². The van der Waals surface area contributed by atoms with Gasteiger partial charge < -0.3 is 20.3 Å². The molecule has 0 radical (unpaired) electrons. The zero-order valence-electron chi connectivity index (χ0n) is 14.7. The highest BCUT2D eigenvalue weighted by molar-refractivity contribution is 5.93. The molecule has 1 fully saturated rings. The number of hydrogen-bond acceptors (Lipinski definition) is 5. The van der Waals surface area contributed by atoms with E-state index in [1.54, 1.807) is 0 Å². The molecule has 0 aliphatic carbocycles. The smallest absolute Gasteiger partial charge is 0.163 e. The van der Waals surface area contributed by atoms with E-state index in [-0.39, 0.29) is 6.61 Å². The van der Waals surface area contributed by atoms with Crippen LogP contribution in [0.2, 0.25) is 0 Å². The number of aliphatic hydroxyl groups is 1. The fourth-order valence-corrected chi connectivity index (χ4v) is 4.20. The zero-order chi connectivity index (χ0) is 17.5. The lowest BCUT2D eigenvalue weighted by molar-refractivity contribution is 0.208. The number of rotatable bonds is 3. The van der Waals surface area contributed by atoms with Crippen molar-refractivity contribution in [2.75, 3.05) is 24.6 Å². The van der Waals surface area contributed by atoms with E-state index >= 15 is 0 Å². The van der Waals surface area contributed by atoms with Gasteiger partial charge in [0.2, 0.25) is 0 Å². The van der Waals surface area contributed by atoms with Crippen LogP contribution in [0.3, 0.4) is 0 Å². The van der Waals surface area contributed by atoms with Crippen LogP contribution in [0.4, 0.5) is 5.82 Å². The highest BCUT2D eigenvalue weighted by atomic mass is 16.3. The molecule has 6 heteroatoms. The van der Waals surface area contributed by atoms with Gasteiger partial charge in [-0.2, -0.15) is 0 Å². The van der Waals surface area contributed by atoms with Crippen molar-refractivity contribution in [3.63, 3.8) is 0 Å². The fourth-order valence-electron chi connectivity index (χ4n) is 4.20. The lowest BCUT2D eigenvalue weighted by Gasteiger charge is -2.33. The minimum absolute atomic E-state index is 0.247. The molecule has 3 aromatic rings. The van der Waals surface area contributed by atoms with Crippen LogP contribution < -0.4 is 10.2 Å². The Kier molecular flexibility index (Phi) is 3.87. The number of nitrogens with zero attached hydrogens (tertiary/aromatic N) is 3. The number of H-pyrrole nitrogens is 1. The number of anilines is 1. The summed E-state index contributed by atoms with van der Waals surface area (Å²) in [7, 11) is 0. The molecule has 134 valence electrons. The first-order valence-electron chi connectivity index (χ1n) is 9.36. The number of aliphatic hydroxyl groups excluding tert-OH is 1. The molecule has 0 bridgehead atoms. The quantitative estimate of drug-likeness (QED) is 0.677. The highest BCUT2D eigenvalue weighted by Gasteiger charge is 2.27. The third-order valence-electron chi connectivity index (χ3n) is 5.57. The number of aromatic nitrogens is 3. The molecule has 1 atom stereocenters. The maximum Gasteiger partial charge on any atom is 0.163 e. The summed E-state index contributed by atoms with van der Waals surface area (Å²) in [6.45, 7) is 3.72. The standard InChI is InChI=1S/C20H23N5O/c26-12-13-4-3-7-25(11-13)20-16-8-21-10-18(16)23-19(24-20)15-9-22-17-6-2-1-5-14(15)17/h1-2,5-6,9,13,21-22,26H,3-4,7-8,10-12H2. The van der Waals surface area contributed by atoms with Gasteiger partial charge in [0.15, 0.2) is 5.82 Å². The van der Waals surface area contributed by atoms with Crippen molar-refractivity contribution in [3.05, 3.63) is 41.7 Å².